The maximum absolute atomic E-state index is 12.7. The maximum atomic E-state index is 12.7. The monoisotopic (exact) mass is 360 g/mol. The van der Waals surface area contributed by atoms with E-state index in [4.69, 9.17) is 5.73 Å². The Bertz CT molecular complexity index is 891. The van der Waals surface area contributed by atoms with Gasteiger partial charge in [0.1, 0.15) is 0 Å². The van der Waals surface area contributed by atoms with Crippen molar-refractivity contribution in [3.05, 3.63) is 84.2 Å². The van der Waals surface area contributed by atoms with Crippen LogP contribution in [0.4, 0.5) is 0 Å². The van der Waals surface area contributed by atoms with Crippen molar-refractivity contribution in [2.45, 2.75) is 24.8 Å². The van der Waals surface area contributed by atoms with Gasteiger partial charge in [0, 0.05) is 37.7 Å². The second kappa shape index (κ2) is 7.76. The van der Waals surface area contributed by atoms with Crippen LogP contribution in [0.5, 0.6) is 0 Å². The molecule has 2 atom stereocenters. The highest BCUT2D eigenvalue weighted by atomic mass is 16.2. The van der Waals surface area contributed by atoms with Crippen LogP contribution >= 0.6 is 0 Å². The van der Waals surface area contributed by atoms with Gasteiger partial charge in [0.05, 0.1) is 11.9 Å². The minimum absolute atomic E-state index is 0.00261. The molecule has 1 fully saturated rings. The van der Waals surface area contributed by atoms with Gasteiger partial charge in [0.15, 0.2) is 0 Å². The summed E-state index contributed by atoms with van der Waals surface area (Å²) in [4.78, 5) is 14.6. The van der Waals surface area contributed by atoms with Crippen molar-refractivity contribution in [1.82, 2.24) is 14.7 Å². The Kier molecular flexibility index (Phi) is 5.03. The molecule has 27 heavy (non-hydrogen) atoms. The zero-order valence-corrected chi connectivity index (χ0v) is 15.2. The molecule has 1 aromatic heterocycles. The molecule has 0 radical (unpaired) electrons. The number of amides is 1. The molecule has 0 saturated carbocycles. The number of aromatic nitrogens is 2. The summed E-state index contributed by atoms with van der Waals surface area (Å²) in [6.45, 7) is 1.33. The van der Waals surface area contributed by atoms with Gasteiger partial charge >= 0.3 is 0 Å². The van der Waals surface area contributed by atoms with Gasteiger partial charge in [0.2, 0.25) is 5.91 Å². The number of rotatable bonds is 5. The molecule has 0 bridgehead atoms. The third-order valence-corrected chi connectivity index (χ3v) is 5.23. The van der Waals surface area contributed by atoms with Crippen molar-refractivity contribution in [3.63, 3.8) is 0 Å². The Balaban J connectivity index is 1.34. The number of hydrogen-bond donors (Lipinski definition) is 1. The molecule has 2 aromatic carbocycles. The zero-order chi connectivity index (χ0) is 18.6. The van der Waals surface area contributed by atoms with Crippen LogP contribution in [0.2, 0.25) is 0 Å². The highest BCUT2D eigenvalue weighted by Gasteiger charge is 2.33. The molecule has 1 amide bonds. The summed E-state index contributed by atoms with van der Waals surface area (Å²) in [5.41, 5.74) is 9.60. The van der Waals surface area contributed by atoms with E-state index in [9.17, 15) is 4.79 Å². The summed E-state index contributed by atoms with van der Waals surface area (Å²) >= 11 is 0. The van der Waals surface area contributed by atoms with Crippen LogP contribution in [0.15, 0.2) is 73.1 Å². The first-order chi connectivity index (χ1) is 13.2. The standard InChI is InChI=1S/C22H24N4O/c23-21-16-25(15-20(21)18-7-3-1-4-8-18)22(27)12-11-17-13-24-26(14-17)19-9-5-2-6-10-19/h1-10,13-14,20-21H,11-12,15-16,23H2/t20-,21+/m0/s1. The van der Waals surface area contributed by atoms with E-state index >= 15 is 0 Å². The van der Waals surface area contributed by atoms with E-state index in [0.29, 0.717) is 25.9 Å². The summed E-state index contributed by atoms with van der Waals surface area (Å²) in [6.07, 6.45) is 5.00. The third kappa shape index (κ3) is 3.93. The topological polar surface area (TPSA) is 64.2 Å². The fourth-order valence-corrected chi connectivity index (χ4v) is 3.71. The van der Waals surface area contributed by atoms with Gasteiger partial charge in [0.25, 0.3) is 0 Å². The fourth-order valence-electron chi connectivity index (χ4n) is 3.71. The predicted octanol–water partition coefficient (Wildman–Crippen LogP) is 2.76. The van der Waals surface area contributed by atoms with Crippen LogP contribution in [0.3, 0.4) is 0 Å². The van der Waals surface area contributed by atoms with E-state index in [-0.39, 0.29) is 17.9 Å². The lowest BCUT2D eigenvalue weighted by Gasteiger charge is -2.16. The van der Waals surface area contributed by atoms with E-state index < -0.39 is 0 Å². The van der Waals surface area contributed by atoms with Crippen LogP contribution in [0.25, 0.3) is 5.69 Å². The van der Waals surface area contributed by atoms with Crippen molar-refractivity contribution >= 4 is 5.91 Å². The molecule has 138 valence electrons. The Morgan fingerprint density at radius 3 is 2.48 bits per heavy atom. The molecule has 2 heterocycles. The number of carbonyl (C=O) groups is 1. The molecule has 0 unspecified atom stereocenters. The summed E-state index contributed by atoms with van der Waals surface area (Å²) in [6, 6.07) is 20.2. The van der Waals surface area contributed by atoms with Crippen LogP contribution in [-0.2, 0) is 11.2 Å². The smallest absolute Gasteiger partial charge is 0.222 e. The third-order valence-electron chi connectivity index (χ3n) is 5.23. The first-order valence-electron chi connectivity index (χ1n) is 9.38. The van der Waals surface area contributed by atoms with Crippen LogP contribution in [0, 0.1) is 0 Å². The lowest BCUT2D eigenvalue weighted by Crippen LogP contribution is -2.32. The van der Waals surface area contributed by atoms with Crippen molar-refractivity contribution in [3.8, 4) is 5.69 Å². The number of para-hydroxylation sites is 1. The average Bonchev–Trinajstić information content (AvgIpc) is 3.34. The molecule has 5 heteroatoms. The summed E-state index contributed by atoms with van der Waals surface area (Å²) < 4.78 is 1.84. The van der Waals surface area contributed by atoms with Gasteiger partial charge in [-0.05, 0) is 29.7 Å². The van der Waals surface area contributed by atoms with Gasteiger partial charge < -0.3 is 10.6 Å². The molecule has 5 nitrogen and oxygen atoms in total. The second-order valence-corrected chi connectivity index (χ2v) is 7.11. The number of likely N-dealkylation sites (tertiary alicyclic amines) is 1. The second-order valence-electron chi connectivity index (χ2n) is 7.11. The molecular weight excluding hydrogens is 336 g/mol. The average molecular weight is 360 g/mol. The van der Waals surface area contributed by atoms with Crippen molar-refractivity contribution in [2.75, 3.05) is 13.1 Å². The number of aryl methyl sites for hydroxylation is 1. The Morgan fingerprint density at radius 2 is 1.74 bits per heavy atom. The fraction of sp³-hybridized carbons (Fsp3) is 0.273. The number of nitrogens with zero attached hydrogens (tertiary/aromatic N) is 3. The van der Waals surface area contributed by atoms with Gasteiger partial charge in [-0.25, -0.2) is 4.68 Å². The number of carbonyl (C=O) groups excluding carboxylic acids is 1. The first kappa shape index (κ1) is 17.5. The summed E-state index contributed by atoms with van der Waals surface area (Å²) in [7, 11) is 0. The predicted molar refractivity (Wildman–Crippen MR) is 106 cm³/mol. The van der Waals surface area contributed by atoms with Gasteiger partial charge in [-0.1, -0.05) is 48.5 Å². The van der Waals surface area contributed by atoms with Gasteiger partial charge in [-0.3, -0.25) is 4.79 Å². The summed E-state index contributed by atoms with van der Waals surface area (Å²) in [5.74, 6) is 0.382. The SMILES string of the molecule is N[C@@H]1CN(C(=O)CCc2cnn(-c3ccccc3)c2)C[C@H]1c1ccccc1. The molecular formula is C22H24N4O. The van der Waals surface area contributed by atoms with E-state index in [1.165, 1.54) is 5.56 Å². The maximum Gasteiger partial charge on any atom is 0.222 e. The van der Waals surface area contributed by atoms with Crippen molar-refractivity contribution < 1.29 is 4.79 Å². The largest absolute Gasteiger partial charge is 0.340 e. The molecule has 0 spiro atoms. The normalized spacial score (nSPS) is 19.4. The number of nitrogens with two attached hydrogens (primary N) is 1. The highest BCUT2D eigenvalue weighted by molar-refractivity contribution is 5.77. The van der Waals surface area contributed by atoms with Crippen LogP contribution in [-0.4, -0.2) is 39.7 Å². The van der Waals surface area contributed by atoms with Gasteiger partial charge in [-0.2, -0.15) is 5.10 Å². The van der Waals surface area contributed by atoms with E-state index in [1.54, 1.807) is 0 Å². The molecule has 1 saturated heterocycles. The summed E-state index contributed by atoms with van der Waals surface area (Å²) in [5, 5.41) is 4.40. The lowest BCUT2D eigenvalue weighted by molar-refractivity contribution is -0.130. The van der Waals surface area contributed by atoms with Crippen molar-refractivity contribution in [2.24, 2.45) is 5.73 Å². The Labute approximate surface area is 159 Å². The number of benzene rings is 2. The van der Waals surface area contributed by atoms with Crippen molar-refractivity contribution in [1.29, 1.82) is 0 Å². The lowest BCUT2D eigenvalue weighted by atomic mass is 9.95. The first-order valence-corrected chi connectivity index (χ1v) is 9.38. The zero-order valence-electron chi connectivity index (χ0n) is 15.2. The number of hydrogen-bond acceptors (Lipinski definition) is 3. The Hall–Kier alpha value is -2.92. The molecule has 4 rings (SSSR count). The van der Waals surface area contributed by atoms with E-state index in [2.05, 4.69) is 17.2 Å². The molecule has 1 aliphatic heterocycles. The minimum atomic E-state index is -0.00261. The Morgan fingerprint density at radius 1 is 1.04 bits per heavy atom. The molecule has 1 aliphatic rings. The highest BCUT2D eigenvalue weighted by Crippen LogP contribution is 2.26. The van der Waals surface area contributed by atoms with E-state index in [0.717, 1.165) is 11.3 Å². The van der Waals surface area contributed by atoms with Crippen LogP contribution in [0.1, 0.15) is 23.5 Å². The van der Waals surface area contributed by atoms with E-state index in [1.807, 2.05) is 70.5 Å². The van der Waals surface area contributed by atoms with Gasteiger partial charge in [-0.15, -0.1) is 0 Å². The van der Waals surface area contributed by atoms with Crippen LogP contribution < -0.4 is 5.73 Å². The quantitative estimate of drug-likeness (QED) is 0.761. The molecule has 3 aromatic rings. The minimum Gasteiger partial charge on any atom is -0.340 e. The molecule has 0 aliphatic carbocycles. The molecule has 2 N–H and O–H groups in total.